The largest absolute Gasteiger partial charge is 0.390 e. The number of hydrogen-bond acceptors (Lipinski definition) is 5. The van der Waals surface area contributed by atoms with Gasteiger partial charge in [-0.15, -0.1) is 0 Å². The van der Waals surface area contributed by atoms with Crippen LogP contribution in [0.2, 0.25) is 10.0 Å². The molecule has 168 valence electrons. The van der Waals surface area contributed by atoms with Gasteiger partial charge in [0.1, 0.15) is 6.10 Å². The van der Waals surface area contributed by atoms with Crippen LogP contribution in [0.4, 0.5) is 0 Å². The Kier molecular flexibility index (Phi) is 9.17. The van der Waals surface area contributed by atoms with Crippen molar-refractivity contribution in [2.24, 2.45) is 11.1 Å². The van der Waals surface area contributed by atoms with Crippen molar-refractivity contribution >= 4 is 28.9 Å². The van der Waals surface area contributed by atoms with Crippen molar-refractivity contribution in [2.45, 2.75) is 39.0 Å². The summed E-state index contributed by atoms with van der Waals surface area (Å²) in [4.78, 5) is 7.88. The maximum absolute atomic E-state index is 10.5. The first kappa shape index (κ1) is 24.0. The first-order chi connectivity index (χ1) is 14.9. The van der Waals surface area contributed by atoms with Gasteiger partial charge in [0.15, 0.2) is 0 Å². The number of aliphatic hydroxyl groups excluding tert-OH is 1. The Morgan fingerprint density at radius 1 is 1.13 bits per heavy atom. The predicted molar refractivity (Wildman–Crippen MR) is 126 cm³/mol. The normalized spacial score (nSPS) is 17.1. The molecular formula is C24H30Cl2N2O3. The molecule has 0 unspecified atom stereocenters. The Morgan fingerprint density at radius 3 is 2.61 bits per heavy atom. The van der Waals surface area contributed by atoms with E-state index in [-0.39, 0.29) is 6.10 Å². The van der Waals surface area contributed by atoms with Crippen molar-refractivity contribution in [2.75, 3.05) is 26.3 Å². The molecule has 5 nitrogen and oxygen atoms in total. The van der Waals surface area contributed by atoms with E-state index in [0.717, 1.165) is 16.8 Å². The van der Waals surface area contributed by atoms with Gasteiger partial charge in [-0.1, -0.05) is 66.5 Å². The maximum atomic E-state index is 10.5. The number of halogens is 2. The van der Waals surface area contributed by atoms with Crippen LogP contribution in [0.25, 0.3) is 0 Å². The highest BCUT2D eigenvalue weighted by atomic mass is 35.5. The fraction of sp³-hybridized carbons (Fsp3) is 0.458. The van der Waals surface area contributed by atoms with E-state index in [0.29, 0.717) is 55.2 Å². The lowest BCUT2D eigenvalue weighted by Crippen LogP contribution is -2.39. The van der Waals surface area contributed by atoms with Gasteiger partial charge in [0.05, 0.1) is 18.4 Å². The zero-order valence-electron chi connectivity index (χ0n) is 18.0. The summed E-state index contributed by atoms with van der Waals surface area (Å²) in [6.07, 6.45) is 0.0257. The molecule has 1 aliphatic rings. The molecule has 0 aliphatic carbocycles. The van der Waals surface area contributed by atoms with Crippen LogP contribution in [0.15, 0.2) is 53.7 Å². The molecule has 2 aromatic carbocycles. The molecule has 0 fully saturated rings. The zero-order chi connectivity index (χ0) is 22.2. The monoisotopic (exact) mass is 464 g/mol. The van der Waals surface area contributed by atoms with Crippen LogP contribution in [0, 0.1) is 5.92 Å². The van der Waals surface area contributed by atoms with Crippen molar-refractivity contribution in [3.05, 3.63) is 69.7 Å². The number of nitrogens with zero attached hydrogens (tertiary/aromatic N) is 2. The lowest BCUT2D eigenvalue weighted by molar-refractivity contribution is -0.00734. The van der Waals surface area contributed by atoms with Crippen LogP contribution in [0.3, 0.4) is 0 Å². The molecule has 0 bridgehead atoms. The van der Waals surface area contributed by atoms with Crippen LogP contribution in [0.5, 0.6) is 0 Å². The van der Waals surface area contributed by atoms with Crippen LogP contribution in [-0.2, 0) is 16.1 Å². The molecule has 0 radical (unpaired) electrons. The van der Waals surface area contributed by atoms with Crippen molar-refractivity contribution in [3.8, 4) is 0 Å². The Balaban J connectivity index is 1.60. The lowest BCUT2D eigenvalue weighted by Gasteiger charge is -2.27. The highest BCUT2D eigenvalue weighted by molar-refractivity contribution is 6.31. The van der Waals surface area contributed by atoms with Gasteiger partial charge in [0.25, 0.3) is 0 Å². The lowest BCUT2D eigenvalue weighted by atomic mass is 10.0. The Labute approximate surface area is 194 Å². The molecule has 0 amide bonds. The average Bonchev–Trinajstić information content (AvgIpc) is 3.16. The SMILES string of the molecule is CC(C)COC[C@H](O)CN(Cc1cccc(Cl)c1)C[C@@H]1CC(c2ccc(Cl)cc2)=NO1. The summed E-state index contributed by atoms with van der Waals surface area (Å²) >= 11 is 12.1. The summed E-state index contributed by atoms with van der Waals surface area (Å²) in [6, 6.07) is 15.4. The van der Waals surface area contributed by atoms with E-state index >= 15 is 0 Å². The number of oxime groups is 1. The molecule has 2 aromatic rings. The highest BCUT2D eigenvalue weighted by Gasteiger charge is 2.26. The number of aliphatic hydroxyl groups is 1. The molecule has 0 spiro atoms. The van der Waals surface area contributed by atoms with E-state index in [1.807, 2.05) is 48.5 Å². The highest BCUT2D eigenvalue weighted by Crippen LogP contribution is 2.21. The fourth-order valence-corrected chi connectivity index (χ4v) is 3.85. The van der Waals surface area contributed by atoms with E-state index in [1.54, 1.807) is 0 Å². The second-order valence-electron chi connectivity index (χ2n) is 8.39. The zero-order valence-corrected chi connectivity index (χ0v) is 19.5. The van der Waals surface area contributed by atoms with Gasteiger partial charge >= 0.3 is 0 Å². The summed E-state index contributed by atoms with van der Waals surface area (Å²) < 4.78 is 5.62. The topological polar surface area (TPSA) is 54.3 Å². The van der Waals surface area contributed by atoms with Crippen LogP contribution in [-0.4, -0.2) is 54.2 Å². The van der Waals surface area contributed by atoms with Gasteiger partial charge in [-0.2, -0.15) is 0 Å². The molecule has 1 N–H and O–H groups in total. The summed E-state index contributed by atoms with van der Waals surface area (Å²) in [6.45, 7) is 6.88. The molecule has 3 rings (SSSR count). The van der Waals surface area contributed by atoms with Gasteiger partial charge in [0.2, 0.25) is 0 Å². The number of rotatable bonds is 11. The van der Waals surface area contributed by atoms with E-state index in [9.17, 15) is 5.11 Å². The standard InChI is InChI=1S/C24H30Cl2N2O3/c1-17(2)15-30-16-22(29)13-28(12-18-4-3-5-21(26)10-18)14-23-11-24(27-31-23)19-6-8-20(25)9-7-19/h3-10,17,22-23,29H,11-16H2,1-2H3/t22-,23+/m1/s1. The third-order valence-corrected chi connectivity index (χ3v) is 5.38. The Morgan fingerprint density at radius 2 is 1.90 bits per heavy atom. The number of hydrogen-bond donors (Lipinski definition) is 1. The molecule has 1 aliphatic heterocycles. The third-order valence-electron chi connectivity index (χ3n) is 4.90. The molecule has 2 atom stereocenters. The third kappa shape index (κ3) is 8.09. The summed E-state index contributed by atoms with van der Waals surface area (Å²) in [5.74, 6) is 0.435. The molecule has 0 aromatic heterocycles. The van der Waals surface area contributed by atoms with Crippen molar-refractivity contribution < 1.29 is 14.7 Å². The van der Waals surface area contributed by atoms with Gasteiger partial charge < -0.3 is 14.7 Å². The van der Waals surface area contributed by atoms with E-state index in [2.05, 4.69) is 23.9 Å². The van der Waals surface area contributed by atoms with Gasteiger partial charge in [-0.3, -0.25) is 4.90 Å². The second kappa shape index (κ2) is 11.8. The number of benzene rings is 2. The van der Waals surface area contributed by atoms with Crippen molar-refractivity contribution in [1.82, 2.24) is 4.90 Å². The predicted octanol–water partition coefficient (Wildman–Crippen LogP) is 5.02. The van der Waals surface area contributed by atoms with Crippen molar-refractivity contribution in [1.29, 1.82) is 0 Å². The van der Waals surface area contributed by atoms with E-state index in [4.69, 9.17) is 32.8 Å². The molecule has 31 heavy (non-hydrogen) atoms. The quantitative estimate of drug-likeness (QED) is 0.506. The molecule has 0 saturated heterocycles. The van der Waals surface area contributed by atoms with Crippen LogP contribution in [0.1, 0.15) is 31.4 Å². The first-order valence-corrected chi connectivity index (χ1v) is 11.4. The van der Waals surface area contributed by atoms with Gasteiger partial charge in [-0.05, 0) is 41.3 Å². The summed E-state index contributed by atoms with van der Waals surface area (Å²) in [5.41, 5.74) is 3.00. The molecule has 1 heterocycles. The fourth-order valence-electron chi connectivity index (χ4n) is 3.51. The first-order valence-electron chi connectivity index (χ1n) is 10.6. The second-order valence-corrected chi connectivity index (χ2v) is 9.26. The molecule has 0 saturated carbocycles. The maximum Gasteiger partial charge on any atom is 0.145 e. The molecular weight excluding hydrogens is 435 g/mol. The van der Waals surface area contributed by atoms with Crippen LogP contribution >= 0.6 is 23.2 Å². The average molecular weight is 465 g/mol. The molecule has 7 heteroatoms. The van der Waals surface area contributed by atoms with Crippen LogP contribution < -0.4 is 0 Å². The van der Waals surface area contributed by atoms with E-state index < -0.39 is 6.10 Å². The minimum atomic E-state index is -0.587. The Bertz CT molecular complexity index is 858. The Hall–Kier alpha value is -1.63. The van der Waals surface area contributed by atoms with Gasteiger partial charge in [-0.25, -0.2) is 0 Å². The number of ether oxygens (including phenoxy) is 1. The van der Waals surface area contributed by atoms with Gasteiger partial charge in [0, 0.05) is 42.7 Å². The minimum Gasteiger partial charge on any atom is -0.390 e. The van der Waals surface area contributed by atoms with Crippen molar-refractivity contribution in [3.63, 3.8) is 0 Å². The van der Waals surface area contributed by atoms with E-state index in [1.165, 1.54) is 0 Å². The summed E-state index contributed by atoms with van der Waals surface area (Å²) in [7, 11) is 0. The smallest absolute Gasteiger partial charge is 0.145 e. The summed E-state index contributed by atoms with van der Waals surface area (Å²) in [5, 5.41) is 16.2. The minimum absolute atomic E-state index is 0.0892.